The molecule has 0 radical (unpaired) electrons. The van der Waals surface area contributed by atoms with E-state index in [0.717, 1.165) is 23.0 Å². The summed E-state index contributed by atoms with van der Waals surface area (Å²) in [6.45, 7) is 1.50. The van der Waals surface area contributed by atoms with Crippen molar-refractivity contribution < 1.29 is 9.53 Å². The second kappa shape index (κ2) is 7.71. The van der Waals surface area contributed by atoms with E-state index in [1.54, 1.807) is 17.7 Å². The Labute approximate surface area is 167 Å². The van der Waals surface area contributed by atoms with Gasteiger partial charge in [-0.05, 0) is 24.5 Å². The molecule has 1 aromatic carbocycles. The summed E-state index contributed by atoms with van der Waals surface area (Å²) in [4.78, 5) is 38.2. The number of rotatable bonds is 5. The van der Waals surface area contributed by atoms with Crippen LogP contribution in [0.1, 0.15) is 28.9 Å². The highest BCUT2D eigenvalue weighted by molar-refractivity contribution is 5.98. The zero-order valence-corrected chi connectivity index (χ0v) is 16.6. The number of amides is 1. The summed E-state index contributed by atoms with van der Waals surface area (Å²) < 4.78 is 9.78. The Morgan fingerprint density at radius 3 is 2.62 bits per heavy atom. The first-order valence-electron chi connectivity index (χ1n) is 9.70. The highest BCUT2D eigenvalue weighted by Crippen LogP contribution is 2.18. The van der Waals surface area contributed by atoms with Gasteiger partial charge in [0.05, 0.1) is 11.5 Å². The van der Waals surface area contributed by atoms with Crippen LogP contribution in [0.3, 0.4) is 0 Å². The van der Waals surface area contributed by atoms with Gasteiger partial charge in [0.25, 0.3) is 11.5 Å². The second-order valence-electron chi connectivity index (χ2n) is 7.39. The molecule has 1 fully saturated rings. The maximum Gasteiger partial charge on any atom is 0.332 e. The molecule has 1 unspecified atom stereocenters. The summed E-state index contributed by atoms with van der Waals surface area (Å²) in [6.07, 6.45) is 1.93. The number of aromatic nitrogens is 3. The molecule has 1 atom stereocenters. The van der Waals surface area contributed by atoms with Crippen molar-refractivity contribution in [3.05, 3.63) is 68.5 Å². The van der Waals surface area contributed by atoms with Gasteiger partial charge in [0.2, 0.25) is 0 Å². The first kappa shape index (κ1) is 19.2. The van der Waals surface area contributed by atoms with Gasteiger partial charge in [-0.15, -0.1) is 0 Å². The van der Waals surface area contributed by atoms with Crippen LogP contribution in [-0.4, -0.2) is 38.9 Å². The van der Waals surface area contributed by atoms with Crippen LogP contribution in [0.25, 0.3) is 11.0 Å². The van der Waals surface area contributed by atoms with E-state index in [-0.39, 0.29) is 12.0 Å². The van der Waals surface area contributed by atoms with Crippen LogP contribution in [0.2, 0.25) is 0 Å². The summed E-state index contributed by atoms with van der Waals surface area (Å²) in [5, 5.41) is 3.26. The van der Waals surface area contributed by atoms with Crippen LogP contribution in [0.5, 0.6) is 0 Å². The van der Waals surface area contributed by atoms with Crippen molar-refractivity contribution >= 4 is 16.9 Å². The highest BCUT2D eigenvalue weighted by Gasteiger charge is 2.23. The molecule has 1 saturated heterocycles. The molecule has 1 N–H and O–H groups in total. The van der Waals surface area contributed by atoms with Crippen LogP contribution >= 0.6 is 0 Å². The molecule has 29 heavy (non-hydrogen) atoms. The Kier molecular flexibility index (Phi) is 5.10. The largest absolute Gasteiger partial charge is 0.376 e. The van der Waals surface area contributed by atoms with Crippen LogP contribution in [0.4, 0.5) is 0 Å². The number of hydrogen-bond acceptors (Lipinski definition) is 4. The van der Waals surface area contributed by atoms with E-state index in [9.17, 15) is 14.4 Å². The summed E-state index contributed by atoms with van der Waals surface area (Å²) in [5.41, 5.74) is 0.903. The number of fused-ring (bicyclic) bond motifs is 1. The van der Waals surface area contributed by atoms with Gasteiger partial charge in [-0.3, -0.25) is 18.7 Å². The maximum atomic E-state index is 13.0. The van der Waals surface area contributed by atoms with Gasteiger partial charge in [-0.1, -0.05) is 30.3 Å². The van der Waals surface area contributed by atoms with Gasteiger partial charge >= 0.3 is 5.69 Å². The third kappa shape index (κ3) is 3.51. The third-order valence-corrected chi connectivity index (χ3v) is 5.43. The minimum Gasteiger partial charge on any atom is -0.376 e. The van der Waals surface area contributed by atoms with Crippen molar-refractivity contribution in [3.63, 3.8) is 0 Å². The molecule has 0 saturated carbocycles. The van der Waals surface area contributed by atoms with E-state index in [0.29, 0.717) is 36.4 Å². The Balaban J connectivity index is 1.81. The molecule has 1 amide bonds. The van der Waals surface area contributed by atoms with E-state index in [2.05, 4.69) is 5.32 Å². The number of aryl methyl sites for hydroxylation is 1. The molecule has 0 bridgehead atoms. The fourth-order valence-corrected chi connectivity index (χ4v) is 3.86. The van der Waals surface area contributed by atoms with Crippen LogP contribution in [0, 0.1) is 0 Å². The van der Waals surface area contributed by atoms with Crippen molar-refractivity contribution in [3.8, 4) is 0 Å². The smallest absolute Gasteiger partial charge is 0.332 e. The normalized spacial score (nSPS) is 16.4. The summed E-state index contributed by atoms with van der Waals surface area (Å²) in [6, 6.07) is 11.2. The number of hydrogen-bond donors (Lipinski definition) is 1. The summed E-state index contributed by atoms with van der Waals surface area (Å²) >= 11 is 0. The van der Waals surface area contributed by atoms with Crippen molar-refractivity contribution in [2.24, 2.45) is 14.1 Å². The quantitative estimate of drug-likeness (QED) is 0.697. The summed E-state index contributed by atoms with van der Waals surface area (Å²) in [5.74, 6) is -0.290. The fourth-order valence-electron chi connectivity index (χ4n) is 3.86. The number of carbonyl (C=O) groups is 1. The predicted octanol–water partition coefficient (Wildman–Crippen LogP) is 0.996. The van der Waals surface area contributed by atoms with Crippen molar-refractivity contribution in [1.29, 1.82) is 0 Å². The molecular weight excluding hydrogens is 372 g/mol. The highest BCUT2D eigenvalue weighted by atomic mass is 16.5. The van der Waals surface area contributed by atoms with Gasteiger partial charge in [0, 0.05) is 33.8 Å². The topological polar surface area (TPSA) is 87.3 Å². The monoisotopic (exact) mass is 396 g/mol. The zero-order chi connectivity index (χ0) is 20.5. The second-order valence-corrected chi connectivity index (χ2v) is 7.39. The molecule has 0 spiro atoms. The predicted molar refractivity (Wildman–Crippen MR) is 109 cm³/mol. The molecule has 8 nitrogen and oxygen atoms in total. The van der Waals surface area contributed by atoms with E-state index in [1.807, 2.05) is 30.3 Å². The average Bonchev–Trinajstić information content (AvgIpc) is 3.38. The maximum absolute atomic E-state index is 13.0. The number of nitrogens with one attached hydrogen (secondary N) is 1. The summed E-state index contributed by atoms with van der Waals surface area (Å²) in [7, 11) is 3.05. The zero-order valence-electron chi connectivity index (χ0n) is 16.6. The van der Waals surface area contributed by atoms with Crippen LogP contribution in [0.15, 0.2) is 46.0 Å². The lowest BCUT2D eigenvalue weighted by Gasteiger charge is -2.14. The fraction of sp³-hybridized carbons (Fsp3) is 0.381. The minimum absolute atomic E-state index is 0.0168. The lowest BCUT2D eigenvalue weighted by Crippen LogP contribution is -2.37. The first-order valence-corrected chi connectivity index (χ1v) is 9.70. The minimum atomic E-state index is -0.429. The molecule has 1 aliphatic rings. The Morgan fingerprint density at radius 1 is 1.17 bits per heavy atom. The number of ether oxygens (including phenoxy) is 1. The van der Waals surface area contributed by atoms with Crippen molar-refractivity contribution in [1.82, 2.24) is 19.0 Å². The third-order valence-electron chi connectivity index (χ3n) is 5.43. The Hall–Kier alpha value is -3.13. The van der Waals surface area contributed by atoms with Crippen LogP contribution < -0.4 is 16.6 Å². The molecule has 4 rings (SSSR count). The lowest BCUT2D eigenvalue weighted by atomic mass is 10.2. The number of nitrogens with zero attached hydrogens (tertiary/aromatic N) is 3. The number of carbonyl (C=O) groups excluding carboxylic acids is 1. The molecule has 3 heterocycles. The average molecular weight is 396 g/mol. The van der Waals surface area contributed by atoms with E-state index >= 15 is 0 Å². The standard InChI is InChI=1S/C21H24N4O4/c1-23-19-16(20(27)24(2)21(23)28)11-17(18(26)22-12-15-9-6-10-29-15)25(19)13-14-7-4-3-5-8-14/h3-5,7-8,11,15H,6,9-10,12-13H2,1-2H3,(H,22,26). The van der Waals surface area contributed by atoms with Gasteiger partial charge in [0.15, 0.2) is 0 Å². The molecule has 8 heteroatoms. The molecular formula is C21H24N4O4. The molecule has 2 aromatic heterocycles. The Morgan fingerprint density at radius 2 is 1.93 bits per heavy atom. The SMILES string of the molecule is Cn1c(=O)c2cc(C(=O)NCC3CCCO3)n(Cc3ccccc3)c2n(C)c1=O. The van der Waals surface area contributed by atoms with Gasteiger partial charge in [-0.25, -0.2) is 4.79 Å². The Bertz CT molecular complexity index is 1170. The molecule has 0 aliphatic carbocycles. The van der Waals surface area contributed by atoms with E-state index in [1.165, 1.54) is 11.6 Å². The number of benzene rings is 1. The molecule has 1 aliphatic heterocycles. The molecule has 3 aromatic rings. The van der Waals surface area contributed by atoms with Gasteiger partial charge in [0.1, 0.15) is 11.3 Å². The van der Waals surface area contributed by atoms with E-state index < -0.39 is 11.2 Å². The van der Waals surface area contributed by atoms with Crippen LogP contribution in [-0.2, 0) is 25.4 Å². The van der Waals surface area contributed by atoms with Gasteiger partial charge in [-0.2, -0.15) is 0 Å². The molecule has 152 valence electrons. The lowest BCUT2D eigenvalue weighted by molar-refractivity contribution is 0.0851. The van der Waals surface area contributed by atoms with Crippen molar-refractivity contribution in [2.75, 3.05) is 13.2 Å². The van der Waals surface area contributed by atoms with Gasteiger partial charge < -0.3 is 14.6 Å². The van der Waals surface area contributed by atoms with Crippen molar-refractivity contribution in [2.45, 2.75) is 25.5 Å². The first-order chi connectivity index (χ1) is 14.0. The van der Waals surface area contributed by atoms with E-state index in [4.69, 9.17) is 4.74 Å².